The number of para-hydroxylation sites is 1. The Kier molecular flexibility index (Phi) is 11.5. The minimum Gasteiger partial charge on any atom is -0.464 e. The van der Waals surface area contributed by atoms with Crippen LogP contribution in [0, 0.1) is 23.2 Å². The molecule has 6 atom stereocenters. The first kappa shape index (κ1) is 36.8. The molecule has 0 saturated carbocycles. The summed E-state index contributed by atoms with van der Waals surface area (Å²) in [5, 5.41) is 29.5. The number of benzene rings is 1. The first-order chi connectivity index (χ1) is 22.7. The lowest BCUT2D eigenvalue weighted by molar-refractivity contribution is -0.168. The smallest absolute Gasteiger partial charge is 0.459 e. The van der Waals surface area contributed by atoms with Gasteiger partial charge in [0.1, 0.15) is 41.4 Å². The number of hydrogen-bond acceptors (Lipinski definition) is 13. The van der Waals surface area contributed by atoms with Gasteiger partial charge in [-0.3, -0.25) is 14.1 Å². The summed E-state index contributed by atoms with van der Waals surface area (Å²) in [6.45, 7) is 9.51. The number of aromatic nitrogens is 3. The van der Waals surface area contributed by atoms with Gasteiger partial charge in [-0.15, -0.1) is 0 Å². The molecular formula is C32H43N6O9P. The number of nitrogens with two attached hydrogens (primary N) is 1. The van der Waals surface area contributed by atoms with E-state index in [1.165, 1.54) is 30.8 Å². The molecule has 1 saturated heterocycles. The van der Waals surface area contributed by atoms with Gasteiger partial charge in [-0.25, -0.2) is 14.1 Å². The molecule has 15 nitrogen and oxygen atoms in total. The highest BCUT2D eigenvalue weighted by Gasteiger charge is 2.67. The molecule has 3 heterocycles. The van der Waals surface area contributed by atoms with Crippen molar-refractivity contribution in [1.82, 2.24) is 19.7 Å². The zero-order valence-corrected chi connectivity index (χ0v) is 28.8. The maximum atomic E-state index is 14.3. The summed E-state index contributed by atoms with van der Waals surface area (Å²) in [6, 6.07) is 12.1. The number of nitrogens with zero attached hydrogens (tertiary/aromatic N) is 4. The molecule has 0 bridgehead atoms. The molecule has 0 amide bonds. The average Bonchev–Trinajstić information content (AvgIpc) is 3.58. The fourth-order valence-electron chi connectivity index (χ4n) is 5.30. The summed E-state index contributed by atoms with van der Waals surface area (Å²) in [6.07, 6.45) is -0.0663. The normalized spacial score (nSPS) is 24.2. The lowest BCUT2D eigenvalue weighted by Crippen LogP contribution is -2.54. The van der Waals surface area contributed by atoms with Crippen LogP contribution in [0.1, 0.15) is 60.1 Å². The largest absolute Gasteiger partial charge is 0.464 e. The van der Waals surface area contributed by atoms with Crippen LogP contribution < -0.4 is 15.3 Å². The molecule has 16 heteroatoms. The second-order valence-electron chi connectivity index (χ2n) is 12.1. The van der Waals surface area contributed by atoms with Gasteiger partial charge in [0, 0.05) is 0 Å². The molecule has 4 rings (SSSR count). The first-order valence-electron chi connectivity index (χ1n) is 15.8. The number of anilines is 1. The second-order valence-corrected chi connectivity index (χ2v) is 13.8. The van der Waals surface area contributed by atoms with Crippen molar-refractivity contribution >= 4 is 31.0 Å². The number of carbonyl (C=O) groups is 2. The van der Waals surface area contributed by atoms with E-state index < -0.39 is 61.7 Å². The van der Waals surface area contributed by atoms with Crippen LogP contribution in [0.5, 0.6) is 5.75 Å². The summed E-state index contributed by atoms with van der Waals surface area (Å²) in [5.41, 5.74) is 2.02. The number of rotatable bonds is 15. The van der Waals surface area contributed by atoms with E-state index in [0.29, 0.717) is 5.52 Å². The highest BCUT2D eigenvalue weighted by atomic mass is 31.2. The van der Waals surface area contributed by atoms with Gasteiger partial charge in [-0.05, 0) is 44.0 Å². The van der Waals surface area contributed by atoms with E-state index in [0.717, 1.165) is 12.8 Å². The SMILES string of the molecule is CCC(CC)COC(=O)[C@H](C)NP(=O)(OC[C@H]1O[C@@](C#N)(c2ccc3c(N)ncnn23)[C@](C)(O)[C@@H]1OC(=O)C(C)C)Oc1ccccc1. The van der Waals surface area contributed by atoms with Crippen molar-refractivity contribution in [1.29, 1.82) is 5.26 Å². The van der Waals surface area contributed by atoms with Crippen molar-refractivity contribution < 1.29 is 42.5 Å². The van der Waals surface area contributed by atoms with E-state index in [-0.39, 0.29) is 29.8 Å². The molecule has 0 radical (unpaired) electrons. The Bertz CT molecular complexity index is 1670. The van der Waals surface area contributed by atoms with Gasteiger partial charge in [-0.2, -0.15) is 15.4 Å². The molecule has 4 N–H and O–H groups in total. The number of esters is 2. The molecule has 1 aromatic carbocycles. The maximum Gasteiger partial charge on any atom is 0.459 e. The minimum absolute atomic E-state index is 0.0721. The number of nitrogens with one attached hydrogen (secondary N) is 1. The van der Waals surface area contributed by atoms with E-state index >= 15 is 0 Å². The predicted molar refractivity (Wildman–Crippen MR) is 173 cm³/mol. The van der Waals surface area contributed by atoms with Gasteiger partial charge in [0.05, 0.1) is 24.8 Å². The molecule has 48 heavy (non-hydrogen) atoms. The maximum absolute atomic E-state index is 14.3. The number of nitrogen functional groups attached to an aromatic ring is 1. The van der Waals surface area contributed by atoms with Gasteiger partial charge in [0.25, 0.3) is 0 Å². The summed E-state index contributed by atoms with van der Waals surface area (Å²) < 4.78 is 44.6. The highest BCUT2D eigenvalue weighted by Crippen LogP contribution is 2.51. The molecule has 1 aliphatic rings. The molecule has 1 aliphatic heterocycles. The Morgan fingerprint density at radius 2 is 1.85 bits per heavy atom. The molecule has 2 aromatic heterocycles. The monoisotopic (exact) mass is 686 g/mol. The molecule has 0 spiro atoms. The molecule has 1 fully saturated rings. The quantitative estimate of drug-likeness (QED) is 0.153. The third kappa shape index (κ3) is 7.48. The van der Waals surface area contributed by atoms with Gasteiger partial charge in [0.15, 0.2) is 11.9 Å². The van der Waals surface area contributed by atoms with Crippen LogP contribution in [0.4, 0.5) is 5.82 Å². The number of carbonyl (C=O) groups excluding carboxylic acids is 2. The van der Waals surface area contributed by atoms with Gasteiger partial charge < -0.3 is 29.6 Å². The van der Waals surface area contributed by atoms with E-state index in [1.807, 2.05) is 19.9 Å². The Hall–Kier alpha value is -4.06. The first-order valence-corrected chi connectivity index (χ1v) is 17.3. The molecule has 260 valence electrons. The highest BCUT2D eigenvalue weighted by molar-refractivity contribution is 7.52. The van der Waals surface area contributed by atoms with Gasteiger partial charge >= 0.3 is 19.7 Å². The minimum atomic E-state index is -4.42. The Balaban J connectivity index is 1.68. The molecule has 1 unspecified atom stereocenters. The number of ether oxygens (including phenoxy) is 3. The van der Waals surface area contributed by atoms with Crippen molar-refractivity contribution in [2.75, 3.05) is 18.9 Å². The van der Waals surface area contributed by atoms with E-state index in [9.17, 15) is 24.5 Å². The van der Waals surface area contributed by atoms with Crippen LogP contribution in [0.3, 0.4) is 0 Å². The van der Waals surface area contributed by atoms with Crippen LogP contribution >= 0.6 is 7.75 Å². The van der Waals surface area contributed by atoms with Crippen LogP contribution in [0.2, 0.25) is 0 Å². The second kappa shape index (κ2) is 15.0. The van der Waals surface area contributed by atoms with E-state index in [2.05, 4.69) is 15.2 Å². The summed E-state index contributed by atoms with van der Waals surface area (Å²) in [4.78, 5) is 29.7. The lowest BCUT2D eigenvalue weighted by Gasteiger charge is -2.34. The third-order valence-electron chi connectivity index (χ3n) is 8.35. The topological polar surface area (TPSA) is 210 Å². The van der Waals surface area contributed by atoms with Crippen LogP contribution in [-0.4, -0.2) is 68.7 Å². The van der Waals surface area contributed by atoms with E-state index in [4.69, 9.17) is 29.0 Å². The van der Waals surface area contributed by atoms with Crippen LogP contribution in [-0.2, 0) is 38.5 Å². The number of aliphatic hydroxyl groups is 1. The fraction of sp³-hybridized carbons (Fsp3) is 0.531. The molecular weight excluding hydrogens is 643 g/mol. The van der Waals surface area contributed by atoms with Gasteiger partial charge in [0.2, 0.25) is 5.60 Å². The third-order valence-corrected chi connectivity index (χ3v) is 9.99. The Labute approximate surface area is 279 Å². The standard InChI is InChI=1S/C32H43N6O9P/c1-7-22(8-2)16-43-30(40)21(5)37-48(42,47-23-12-10-9-11-13-23)44-17-25-27(45-29(39)20(3)4)31(6,41)32(18-33,46-25)26-15-14-24-28(34)35-19-36-38(24)26/h9-15,19-22,25,27,41H,7-8,16-17H2,1-6H3,(H,37,42)(H2,34,35,36)/t21-,25+,27+,31+,32-,48?/m0/s1. The van der Waals surface area contributed by atoms with Crippen molar-refractivity contribution in [3.8, 4) is 11.8 Å². The number of nitriles is 1. The summed E-state index contributed by atoms with van der Waals surface area (Å²) in [7, 11) is -4.42. The van der Waals surface area contributed by atoms with Crippen molar-refractivity contribution in [2.24, 2.45) is 11.8 Å². The zero-order chi connectivity index (χ0) is 35.3. The Morgan fingerprint density at radius 3 is 2.48 bits per heavy atom. The molecule has 3 aromatic rings. The fourth-order valence-corrected chi connectivity index (χ4v) is 6.80. The van der Waals surface area contributed by atoms with E-state index in [1.54, 1.807) is 50.2 Å². The molecule has 0 aliphatic carbocycles. The summed E-state index contributed by atoms with van der Waals surface area (Å²) in [5.74, 6) is -1.52. The zero-order valence-electron chi connectivity index (χ0n) is 27.9. The van der Waals surface area contributed by atoms with Crippen molar-refractivity contribution in [2.45, 2.75) is 83.8 Å². The Morgan fingerprint density at radius 1 is 1.17 bits per heavy atom. The number of fused-ring (bicyclic) bond motifs is 1. The lowest BCUT2D eigenvalue weighted by atomic mass is 9.80. The van der Waals surface area contributed by atoms with Crippen LogP contribution in [0.25, 0.3) is 5.52 Å². The van der Waals surface area contributed by atoms with Crippen molar-refractivity contribution in [3.05, 3.63) is 54.5 Å². The summed E-state index contributed by atoms with van der Waals surface area (Å²) >= 11 is 0. The predicted octanol–water partition coefficient (Wildman–Crippen LogP) is 3.91. The number of hydrogen-bond donors (Lipinski definition) is 3. The van der Waals surface area contributed by atoms with Gasteiger partial charge in [-0.1, -0.05) is 58.7 Å². The van der Waals surface area contributed by atoms with Crippen molar-refractivity contribution in [3.63, 3.8) is 0 Å². The van der Waals surface area contributed by atoms with Crippen LogP contribution in [0.15, 0.2) is 48.8 Å². The average molecular weight is 687 g/mol.